The summed E-state index contributed by atoms with van der Waals surface area (Å²) in [6, 6.07) is 8.86. The monoisotopic (exact) mass is 224 g/mol. The van der Waals surface area contributed by atoms with E-state index in [1.807, 2.05) is 6.07 Å². The molecule has 5 heteroatoms. The lowest BCUT2D eigenvalue weighted by molar-refractivity contribution is -0.167. The van der Waals surface area contributed by atoms with Gasteiger partial charge in [-0.2, -0.15) is 0 Å². The number of hydrogen-bond donors (Lipinski definition) is 0. The van der Waals surface area contributed by atoms with Crippen LogP contribution in [-0.2, 0) is 19.1 Å². The highest BCUT2D eigenvalue weighted by atomic mass is 16.7. The number of para-hydroxylation sites is 1. The smallest absolute Gasteiger partial charge is 0.347 e. The first-order valence-corrected chi connectivity index (χ1v) is 4.65. The second-order valence-corrected chi connectivity index (χ2v) is 2.87. The maximum atomic E-state index is 11.1. The minimum atomic E-state index is -0.592. The molecule has 0 bridgehead atoms. The Labute approximate surface area is 92.9 Å². The van der Waals surface area contributed by atoms with Gasteiger partial charge in [-0.1, -0.05) is 18.2 Å². The zero-order valence-corrected chi connectivity index (χ0v) is 8.84. The number of esters is 2. The Balaban J connectivity index is 2.18. The molecule has 1 aromatic carbocycles. The van der Waals surface area contributed by atoms with Crippen LogP contribution in [0.3, 0.4) is 0 Å². The highest BCUT2D eigenvalue weighted by Gasteiger charge is 2.04. The van der Waals surface area contributed by atoms with E-state index in [0.717, 1.165) is 0 Å². The van der Waals surface area contributed by atoms with E-state index in [4.69, 9.17) is 4.74 Å². The van der Waals surface area contributed by atoms with E-state index >= 15 is 0 Å². The number of rotatable bonds is 5. The molecule has 0 amide bonds. The van der Waals surface area contributed by atoms with Crippen molar-refractivity contribution in [2.75, 3.05) is 13.4 Å². The summed E-state index contributed by atoms with van der Waals surface area (Å²) in [6.45, 7) is 0.631. The Hall–Kier alpha value is -2.04. The van der Waals surface area contributed by atoms with Crippen LogP contribution in [0.25, 0.3) is 0 Å². The normalized spacial score (nSPS) is 9.31. The van der Waals surface area contributed by atoms with Crippen LogP contribution < -0.4 is 4.74 Å². The molecular formula is C11H12O5. The average Bonchev–Trinajstić information content (AvgIpc) is 2.27. The summed E-state index contributed by atoms with van der Waals surface area (Å²) in [5, 5.41) is 0. The third kappa shape index (κ3) is 4.99. The third-order valence-corrected chi connectivity index (χ3v) is 1.58. The molecule has 0 radical (unpaired) electrons. The molecule has 0 saturated heterocycles. The molecule has 16 heavy (non-hydrogen) atoms. The summed E-state index contributed by atoms with van der Waals surface area (Å²) in [6.07, 6.45) is 0. The van der Waals surface area contributed by atoms with Crippen molar-refractivity contribution >= 4 is 11.9 Å². The van der Waals surface area contributed by atoms with Crippen LogP contribution in [0.1, 0.15) is 6.92 Å². The molecule has 0 aliphatic heterocycles. The Bertz CT molecular complexity index is 347. The second-order valence-electron chi connectivity index (χ2n) is 2.87. The SMILES string of the molecule is CC(=O)OCOC(=O)COc1ccccc1. The van der Waals surface area contributed by atoms with Crippen LogP contribution >= 0.6 is 0 Å². The molecule has 0 fully saturated rings. The highest BCUT2D eigenvalue weighted by Crippen LogP contribution is 2.07. The first kappa shape index (κ1) is 12.0. The summed E-state index contributed by atoms with van der Waals surface area (Å²) in [7, 11) is 0. The largest absolute Gasteiger partial charge is 0.482 e. The van der Waals surface area contributed by atoms with Crippen LogP contribution in [0.5, 0.6) is 5.75 Å². The van der Waals surface area contributed by atoms with Gasteiger partial charge >= 0.3 is 11.9 Å². The van der Waals surface area contributed by atoms with Gasteiger partial charge in [-0.15, -0.1) is 0 Å². The number of hydrogen-bond acceptors (Lipinski definition) is 5. The van der Waals surface area contributed by atoms with Crippen molar-refractivity contribution in [3.05, 3.63) is 30.3 Å². The Kier molecular flexibility index (Phi) is 4.85. The minimum Gasteiger partial charge on any atom is -0.482 e. The van der Waals surface area contributed by atoms with Gasteiger partial charge in [0.05, 0.1) is 0 Å². The molecule has 0 aromatic heterocycles. The van der Waals surface area contributed by atoms with E-state index in [0.29, 0.717) is 5.75 Å². The van der Waals surface area contributed by atoms with Gasteiger partial charge in [-0.25, -0.2) is 4.79 Å². The van der Waals surface area contributed by atoms with E-state index in [9.17, 15) is 9.59 Å². The molecule has 0 aliphatic carbocycles. The van der Waals surface area contributed by atoms with Crippen molar-refractivity contribution in [2.45, 2.75) is 6.92 Å². The zero-order chi connectivity index (χ0) is 11.8. The van der Waals surface area contributed by atoms with Crippen LogP contribution in [0.2, 0.25) is 0 Å². The predicted molar refractivity (Wildman–Crippen MR) is 54.7 cm³/mol. The molecule has 0 aliphatic rings. The highest BCUT2D eigenvalue weighted by molar-refractivity contribution is 5.71. The number of carbonyl (C=O) groups is 2. The molecular weight excluding hydrogens is 212 g/mol. The van der Waals surface area contributed by atoms with Gasteiger partial charge in [0.15, 0.2) is 6.61 Å². The van der Waals surface area contributed by atoms with E-state index in [-0.39, 0.29) is 13.4 Å². The Morgan fingerprint density at radius 2 is 1.81 bits per heavy atom. The summed E-state index contributed by atoms with van der Waals surface area (Å²) in [5.74, 6) is -0.520. The van der Waals surface area contributed by atoms with Gasteiger partial charge in [0, 0.05) is 6.92 Å². The predicted octanol–water partition coefficient (Wildman–Crippen LogP) is 1.13. The molecule has 0 heterocycles. The van der Waals surface area contributed by atoms with Crippen molar-refractivity contribution in [2.24, 2.45) is 0 Å². The van der Waals surface area contributed by atoms with E-state index < -0.39 is 11.9 Å². The van der Waals surface area contributed by atoms with Crippen LogP contribution in [0.15, 0.2) is 30.3 Å². The first-order chi connectivity index (χ1) is 7.68. The average molecular weight is 224 g/mol. The maximum Gasteiger partial charge on any atom is 0.347 e. The Morgan fingerprint density at radius 3 is 2.44 bits per heavy atom. The van der Waals surface area contributed by atoms with Crippen molar-refractivity contribution in [1.82, 2.24) is 0 Å². The van der Waals surface area contributed by atoms with Crippen molar-refractivity contribution in [1.29, 1.82) is 0 Å². The first-order valence-electron chi connectivity index (χ1n) is 4.65. The number of carbonyl (C=O) groups excluding carboxylic acids is 2. The second kappa shape index (κ2) is 6.44. The lowest BCUT2D eigenvalue weighted by Gasteiger charge is -2.06. The molecule has 1 aromatic rings. The van der Waals surface area contributed by atoms with Crippen molar-refractivity contribution < 1.29 is 23.8 Å². The van der Waals surface area contributed by atoms with E-state index in [1.165, 1.54) is 6.92 Å². The fraction of sp³-hybridized carbons (Fsp3) is 0.273. The summed E-state index contributed by atoms with van der Waals surface area (Å²) in [4.78, 5) is 21.4. The quantitative estimate of drug-likeness (QED) is 0.554. The summed E-state index contributed by atoms with van der Waals surface area (Å²) in [5.41, 5.74) is 0. The van der Waals surface area contributed by atoms with Crippen LogP contribution in [-0.4, -0.2) is 25.3 Å². The maximum absolute atomic E-state index is 11.1. The molecule has 0 N–H and O–H groups in total. The summed E-state index contributed by atoms with van der Waals surface area (Å²) >= 11 is 0. The lowest BCUT2D eigenvalue weighted by atomic mass is 10.3. The van der Waals surface area contributed by atoms with Gasteiger partial charge < -0.3 is 14.2 Å². The van der Waals surface area contributed by atoms with Gasteiger partial charge in [0.25, 0.3) is 0 Å². The van der Waals surface area contributed by atoms with Crippen molar-refractivity contribution in [3.63, 3.8) is 0 Å². The van der Waals surface area contributed by atoms with Crippen LogP contribution in [0.4, 0.5) is 0 Å². The summed E-state index contributed by atoms with van der Waals surface area (Å²) < 4.78 is 14.1. The third-order valence-electron chi connectivity index (χ3n) is 1.58. The lowest BCUT2D eigenvalue weighted by Crippen LogP contribution is -2.17. The molecule has 5 nitrogen and oxygen atoms in total. The molecule has 0 saturated carbocycles. The van der Waals surface area contributed by atoms with Gasteiger partial charge in [-0.3, -0.25) is 4.79 Å². The van der Waals surface area contributed by atoms with Crippen molar-refractivity contribution in [3.8, 4) is 5.75 Å². The molecule has 1 rings (SSSR count). The van der Waals surface area contributed by atoms with Gasteiger partial charge in [0.1, 0.15) is 5.75 Å². The fourth-order valence-corrected chi connectivity index (χ4v) is 0.879. The number of ether oxygens (including phenoxy) is 3. The van der Waals surface area contributed by atoms with Gasteiger partial charge in [0.2, 0.25) is 6.79 Å². The standard InChI is InChI=1S/C11H12O5/c1-9(12)15-8-16-11(13)7-14-10-5-3-2-4-6-10/h2-6H,7-8H2,1H3. The Morgan fingerprint density at radius 1 is 1.12 bits per heavy atom. The van der Waals surface area contributed by atoms with E-state index in [2.05, 4.69) is 9.47 Å². The topological polar surface area (TPSA) is 61.8 Å². The fourth-order valence-electron chi connectivity index (χ4n) is 0.879. The molecule has 0 spiro atoms. The van der Waals surface area contributed by atoms with Crippen LogP contribution in [0, 0.1) is 0 Å². The zero-order valence-electron chi connectivity index (χ0n) is 8.84. The molecule has 0 unspecified atom stereocenters. The van der Waals surface area contributed by atoms with Gasteiger partial charge in [-0.05, 0) is 12.1 Å². The number of benzene rings is 1. The van der Waals surface area contributed by atoms with E-state index in [1.54, 1.807) is 24.3 Å². The molecule has 0 atom stereocenters. The minimum absolute atomic E-state index is 0.217. The molecule has 86 valence electrons.